The number of likely N-dealkylation sites (tertiary alicyclic amines) is 2. The first-order chi connectivity index (χ1) is 9.79. The molecule has 1 atom stereocenters. The predicted molar refractivity (Wildman–Crippen MR) is 82.8 cm³/mol. The Labute approximate surface area is 123 Å². The van der Waals surface area contributed by atoms with Crippen molar-refractivity contribution in [2.75, 3.05) is 39.3 Å². The first kappa shape index (κ1) is 15.8. The van der Waals surface area contributed by atoms with E-state index in [-0.39, 0.29) is 0 Å². The molecule has 0 aromatic carbocycles. The zero-order valence-corrected chi connectivity index (χ0v) is 13.1. The minimum Gasteiger partial charge on any atom is -0.343 e. The maximum Gasteiger partial charge on any atom is 0.223 e. The molecule has 0 spiro atoms. The Morgan fingerprint density at radius 1 is 1.05 bits per heavy atom. The lowest BCUT2D eigenvalue weighted by atomic mass is 10.1. The molecule has 0 aliphatic carbocycles. The Morgan fingerprint density at radius 3 is 2.60 bits per heavy atom. The van der Waals surface area contributed by atoms with Gasteiger partial charge in [0.25, 0.3) is 0 Å². The lowest BCUT2D eigenvalue weighted by molar-refractivity contribution is -0.132. The molecule has 116 valence electrons. The third-order valence-corrected chi connectivity index (χ3v) is 4.75. The minimum absolute atomic E-state index is 0.348. The molecule has 2 heterocycles. The van der Waals surface area contributed by atoms with Crippen molar-refractivity contribution in [1.82, 2.24) is 15.1 Å². The van der Waals surface area contributed by atoms with Crippen LogP contribution in [0, 0.1) is 0 Å². The molecule has 0 bridgehead atoms. The van der Waals surface area contributed by atoms with Gasteiger partial charge < -0.3 is 15.1 Å². The van der Waals surface area contributed by atoms with Crippen molar-refractivity contribution >= 4 is 5.91 Å². The fourth-order valence-corrected chi connectivity index (χ4v) is 3.36. The van der Waals surface area contributed by atoms with Gasteiger partial charge in [0.15, 0.2) is 0 Å². The minimum atomic E-state index is 0.348. The van der Waals surface area contributed by atoms with Crippen LogP contribution in [0.15, 0.2) is 0 Å². The van der Waals surface area contributed by atoms with E-state index in [1.54, 1.807) is 0 Å². The number of hydrogen-bond acceptors (Lipinski definition) is 3. The van der Waals surface area contributed by atoms with Crippen LogP contribution in [0.25, 0.3) is 0 Å². The highest BCUT2D eigenvalue weighted by atomic mass is 16.2. The van der Waals surface area contributed by atoms with Gasteiger partial charge in [0.2, 0.25) is 5.91 Å². The standard InChI is InChI=1S/C16H31N3O/c1-2-18-11-6-7-15(9-14-18)17-10-8-16(20)19-12-4-3-5-13-19/h15,17H,2-14H2,1H3. The fraction of sp³-hybridized carbons (Fsp3) is 0.938. The van der Waals surface area contributed by atoms with Crippen molar-refractivity contribution in [3.8, 4) is 0 Å². The average Bonchev–Trinajstić information content (AvgIpc) is 2.73. The number of nitrogens with one attached hydrogen (secondary N) is 1. The summed E-state index contributed by atoms with van der Waals surface area (Å²) in [4.78, 5) is 16.7. The number of hydrogen-bond donors (Lipinski definition) is 1. The van der Waals surface area contributed by atoms with E-state index in [1.165, 1.54) is 58.2 Å². The molecule has 4 heteroatoms. The predicted octanol–water partition coefficient (Wildman–Crippen LogP) is 1.85. The second-order valence-corrected chi connectivity index (χ2v) is 6.21. The van der Waals surface area contributed by atoms with E-state index in [2.05, 4.69) is 22.0 Å². The van der Waals surface area contributed by atoms with Crippen molar-refractivity contribution < 1.29 is 4.79 Å². The van der Waals surface area contributed by atoms with E-state index in [1.807, 2.05) is 0 Å². The number of rotatable bonds is 5. The molecular weight excluding hydrogens is 250 g/mol. The van der Waals surface area contributed by atoms with E-state index in [9.17, 15) is 4.79 Å². The Bertz CT molecular complexity index is 289. The fourth-order valence-electron chi connectivity index (χ4n) is 3.36. The van der Waals surface area contributed by atoms with Gasteiger partial charge in [0.1, 0.15) is 0 Å². The molecule has 0 radical (unpaired) electrons. The van der Waals surface area contributed by atoms with Gasteiger partial charge in [-0.2, -0.15) is 0 Å². The summed E-state index contributed by atoms with van der Waals surface area (Å²) in [5, 5.41) is 3.60. The molecule has 1 N–H and O–H groups in total. The van der Waals surface area contributed by atoms with E-state index in [0.29, 0.717) is 18.4 Å². The summed E-state index contributed by atoms with van der Waals surface area (Å²) in [6.07, 6.45) is 8.11. The molecule has 0 aromatic heterocycles. The van der Waals surface area contributed by atoms with E-state index in [0.717, 1.165) is 19.6 Å². The Morgan fingerprint density at radius 2 is 1.85 bits per heavy atom. The second kappa shape index (κ2) is 8.63. The number of nitrogens with zero attached hydrogens (tertiary/aromatic N) is 2. The Hall–Kier alpha value is -0.610. The molecular formula is C16H31N3O. The summed E-state index contributed by atoms with van der Waals surface area (Å²) in [7, 11) is 0. The topological polar surface area (TPSA) is 35.6 Å². The molecule has 2 fully saturated rings. The summed E-state index contributed by atoms with van der Waals surface area (Å²) < 4.78 is 0. The Kier molecular flexibility index (Phi) is 6.80. The highest BCUT2D eigenvalue weighted by Crippen LogP contribution is 2.12. The molecule has 1 unspecified atom stereocenters. The first-order valence-corrected chi connectivity index (χ1v) is 8.53. The SMILES string of the molecule is CCN1CCCC(NCCC(=O)N2CCCCC2)CC1. The van der Waals surface area contributed by atoms with Crippen molar-refractivity contribution in [2.24, 2.45) is 0 Å². The highest BCUT2D eigenvalue weighted by Gasteiger charge is 2.18. The number of piperidine rings is 1. The number of carbonyl (C=O) groups excluding carboxylic acids is 1. The molecule has 0 saturated carbocycles. The molecule has 0 aromatic rings. The van der Waals surface area contributed by atoms with Crippen molar-refractivity contribution in [1.29, 1.82) is 0 Å². The summed E-state index contributed by atoms with van der Waals surface area (Å²) in [6.45, 7) is 8.66. The number of amides is 1. The van der Waals surface area contributed by atoms with Crippen LogP contribution in [0.4, 0.5) is 0 Å². The molecule has 2 rings (SSSR count). The summed E-state index contributed by atoms with van der Waals surface area (Å²) >= 11 is 0. The van der Waals surface area contributed by atoms with E-state index in [4.69, 9.17) is 0 Å². The van der Waals surface area contributed by atoms with Gasteiger partial charge in [-0.1, -0.05) is 6.92 Å². The van der Waals surface area contributed by atoms with E-state index >= 15 is 0 Å². The quantitative estimate of drug-likeness (QED) is 0.835. The molecule has 1 amide bonds. The van der Waals surface area contributed by atoms with Crippen LogP contribution in [-0.2, 0) is 4.79 Å². The van der Waals surface area contributed by atoms with Crippen molar-refractivity contribution in [2.45, 2.75) is 57.9 Å². The molecule has 20 heavy (non-hydrogen) atoms. The molecule has 4 nitrogen and oxygen atoms in total. The van der Waals surface area contributed by atoms with Crippen molar-refractivity contribution in [3.63, 3.8) is 0 Å². The zero-order chi connectivity index (χ0) is 14.2. The average molecular weight is 281 g/mol. The third kappa shape index (κ3) is 5.06. The van der Waals surface area contributed by atoms with Gasteiger partial charge in [-0.3, -0.25) is 4.79 Å². The summed E-state index contributed by atoms with van der Waals surface area (Å²) in [5.41, 5.74) is 0. The van der Waals surface area contributed by atoms with Gasteiger partial charge >= 0.3 is 0 Å². The lowest BCUT2D eigenvalue weighted by Gasteiger charge is -2.27. The monoisotopic (exact) mass is 281 g/mol. The number of carbonyl (C=O) groups is 1. The van der Waals surface area contributed by atoms with Crippen LogP contribution < -0.4 is 5.32 Å². The van der Waals surface area contributed by atoms with Crippen LogP contribution in [0.2, 0.25) is 0 Å². The smallest absolute Gasteiger partial charge is 0.223 e. The van der Waals surface area contributed by atoms with Gasteiger partial charge in [0, 0.05) is 32.1 Å². The van der Waals surface area contributed by atoms with Crippen LogP contribution in [-0.4, -0.2) is 61.0 Å². The Balaban J connectivity index is 1.61. The van der Waals surface area contributed by atoms with Crippen LogP contribution in [0.5, 0.6) is 0 Å². The summed E-state index contributed by atoms with van der Waals surface area (Å²) in [5.74, 6) is 0.348. The van der Waals surface area contributed by atoms with E-state index < -0.39 is 0 Å². The van der Waals surface area contributed by atoms with Crippen LogP contribution >= 0.6 is 0 Å². The van der Waals surface area contributed by atoms with Crippen LogP contribution in [0.1, 0.15) is 51.9 Å². The largest absolute Gasteiger partial charge is 0.343 e. The maximum atomic E-state index is 12.1. The van der Waals surface area contributed by atoms with Gasteiger partial charge in [-0.25, -0.2) is 0 Å². The molecule has 2 aliphatic rings. The van der Waals surface area contributed by atoms with Crippen LogP contribution in [0.3, 0.4) is 0 Å². The van der Waals surface area contributed by atoms with Gasteiger partial charge in [-0.05, 0) is 58.2 Å². The zero-order valence-electron chi connectivity index (χ0n) is 13.1. The lowest BCUT2D eigenvalue weighted by Crippen LogP contribution is -2.38. The third-order valence-electron chi connectivity index (χ3n) is 4.75. The first-order valence-electron chi connectivity index (χ1n) is 8.53. The maximum absolute atomic E-state index is 12.1. The summed E-state index contributed by atoms with van der Waals surface area (Å²) in [6, 6.07) is 0.612. The normalized spacial score (nSPS) is 25.4. The van der Waals surface area contributed by atoms with Gasteiger partial charge in [-0.15, -0.1) is 0 Å². The second-order valence-electron chi connectivity index (χ2n) is 6.21. The van der Waals surface area contributed by atoms with Gasteiger partial charge in [0.05, 0.1) is 0 Å². The molecule has 2 saturated heterocycles. The molecule has 2 aliphatic heterocycles. The van der Waals surface area contributed by atoms with Crippen molar-refractivity contribution in [3.05, 3.63) is 0 Å². The highest BCUT2D eigenvalue weighted by molar-refractivity contribution is 5.76.